The topological polar surface area (TPSA) is 0 Å². The van der Waals surface area contributed by atoms with Gasteiger partial charge in [-0.3, -0.25) is 0 Å². The molecule has 0 spiro atoms. The van der Waals surface area contributed by atoms with E-state index in [-0.39, 0.29) is 0 Å². The van der Waals surface area contributed by atoms with E-state index in [1.54, 1.807) is 11.3 Å². The van der Waals surface area contributed by atoms with Gasteiger partial charge in [0.25, 0.3) is 0 Å². The Morgan fingerprint density at radius 3 is 2.77 bits per heavy atom. The first kappa shape index (κ1) is 11.3. The molecule has 0 amide bonds. The van der Waals surface area contributed by atoms with Gasteiger partial charge in [0.1, 0.15) is 0 Å². The van der Waals surface area contributed by atoms with E-state index >= 15 is 0 Å². The molecule has 0 saturated heterocycles. The molecule has 0 atom stereocenters. The standard InChI is InChI=1S/C10H12BrClS/c1-3-8(6-12)4-9-5-10(11)7(2)13-9/h4-5H,3,6H2,1-2H3/b8-4+. The zero-order valence-electron chi connectivity index (χ0n) is 7.73. The van der Waals surface area contributed by atoms with Crippen LogP contribution in [0.2, 0.25) is 0 Å². The summed E-state index contributed by atoms with van der Waals surface area (Å²) in [4.78, 5) is 2.60. The fourth-order valence-electron chi connectivity index (χ4n) is 0.989. The van der Waals surface area contributed by atoms with E-state index in [9.17, 15) is 0 Å². The zero-order chi connectivity index (χ0) is 9.84. The number of allylic oxidation sites excluding steroid dienone is 1. The molecule has 0 N–H and O–H groups in total. The number of halogens is 2. The number of thiophene rings is 1. The maximum atomic E-state index is 5.79. The van der Waals surface area contributed by atoms with Gasteiger partial charge < -0.3 is 0 Å². The van der Waals surface area contributed by atoms with Crippen LogP contribution in [0.5, 0.6) is 0 Å². The van der Waals surface area contributed by atoms with Crippen molar-refractivity contribution in [1.29, 1.82) is 0 Å². The minimum Gasteiger partial charge on any atom is -0.140 e. The van der Waals surface area contributed by atoms with Crippen LogP contribution >= 0.6 is 38.9 Å². The highest BCUT2D eigenvalue weighted by Gasteiger charge is 2.01. The normalized spacial score (nSPS) is 12.2. The molecule has 0 aliphatic carbocycles. The third-order valence-corrected chi connectivity index (χ3v) is 4.28. The first-order chi connectivity index (χ1) is 6.17. The molecule has 0 radical (unpaired) electrons. The Balaban J connectivity index is 2.89. The summed E-state index contributed by atoms with van der Waals surface area (Å²) in [7, 11) is 0. The van der Waals surface area contributed by atoms with E-state index < -0.39 is 0 Å². The summed E-state index contributed by atoms with van der Waals surface area (Å²) in [6.45, 7) is 4.24. The Hall–Kier alpha value is 0.210. The van der Waals surface area contributed by atoms with E-state index in [0.717, 1.165) is 6.42 Å². The van der Waals surface area contributed by atoms with Gasteiger partial charge in [-0.1, -0.05) is 12.5 Å². The van der Waals surface area contributed by atoms with Crippen molar-refractivity contribution in [2.45, 2.75) is 20.3 Å². The SMILES string of the molecule is CC/C(=C\c1cc(Br)c(C)s1)CCl. The molecular weight excluding hydrogens is 268 g/mol. The Morgan fingerprint density at radius 2 is 2.38 bits per heavy atom. The molecule has 13 heavy (non-hydrogen) atoms. The van der Waals surface area contributed by atoms with E-state index in [4.69, 9.17) is 11.6 Å². The molecule has 0 bridgehead atoms. The number of aryl methyl sites for hydroxylation is 1. The lowest BCUT2D eigenvalue weighted by Gasteiger charge is -1.95. The summed E-state index contributed by atoms with van der Waals surface area (Å²) in [6.07, 6.45) is 3.20. The summed E-state index contributed by atoms with van der Waals surface area (Å²) in [5.74, 6) is 0.630. The van der Waals surface area contributed by atoms with Crippen LogP contribution in [0.25, 0.3) is 6.08 Å². The van der Waals surface area contributed by atoms with Crippen LogP contribution in [0.4, 0.5) is 0 Å². The average molecular weight is 280 g/mol. The quantitative estimate of drug-likeness (QED) is 0.694. The van der Waals surface area contributed by atoms with Gasteiger partial charge in [-0.2, -0.15) is 0 Å². The monoisotopic (exact) mass is 278 g/mol. The molecule has 0 unspecified atom stereocenters. The average Bonchev–Trinajstić information content (AvgIpc) is 2.42. The summed E-state index contributed by atoms with van der Waals surface area (Å²) < 4.78 is 1.19. The fraction of sp³-hybridized carbons (Fsp3) is 0.400. The largest absolute Gasteiger partial charge is 0.140 e. The summed E-state index contributed by atoms with van der Waals surface area (Å²) in [6, 6.07) is 2.14. The van der Waals surface area contributed by atoms with Crippen molar-refractivity contribution in [3.8, 4) is 0 Å². The third kappa shape index (κ3) is 3.12. The molecule has 1 aromatic heterocycles. The van der Waals surface area contributed by atoms with Crippen LogP contribution in [0.1, 0.15) is 23.1 Å². The highest BCUT2D eigenvalue weighted by atomic mass is 79.9. The number of hydrogen-bond donors (Lipinski definition) is 0. The van der Waals surface area contributed by atoms with Gasteiger partial charge in [-0.25, -0.2) is 0 Å². The molecule has 1 rings (SSSR count). The molecule has 1 heterocycles. The van der Waals surface area contributed by atoms with Gasteiger partial charge in [-0.05, 0) is 41.4 Å². The molecular formula is C10H12BrClS. The highest BCUT2D eigenvalue weighted by molar-refractivity contribution is 9.10. The predicted molar refractivity (Wildman–Crippen MR) is 65.7 cm³/mol. The second-order valence-corrected chi connectivity index (χ2v) is 5.25. The Bertz CT molecular complexity index is 289. The van der Waals surface area contributed by atoms with Gasteiger partial charge in [0.15, 0.2) is 0 Å². The van der Waals surface area contributed by atoms with Crippen molar-refractivity contribution in [3.05, 3.63) is 25.9 Å². The molecule has 0 aromatic carbocycles. The number of rotatable bonds is 3. The first-order valence-electron chi connectivity index (χ1n) is 4.18. The second-order valence-electron chi connectivity index (χ2n) is 2.84. The van der Waals surface area contributed by atoms with E-state index in [2.05, 4.69) is 41.9 Å². The van der Waals surface area contributed by atoms with Crippen molar-refractivity contribution in [2.75, 3.05) is 5.88 Å². The van der Waals surface area contributed by atoms with Gasteiger partial charge in [0.05, 0.1) is 0 Å². The fourth-order valence-corrected chi connectivity index (χ4v) is 2.81. The summed E-state index contributed by atoms with van der Waals surface area (Å²) in [5.41, 5.74) is 1.29. The van der Waals surface area contributed by atoms with E-state index in [1.807, 2.05) is 0 Å². The maximum absolute atomic E-state index is 5.79. The maximum Gasteiger partial charge on any atom is 0.0437 e. The number of alkyl halides is 1. The zero-order valence-corrected chi connectivity index (χ0v) is 10.9. The lowest BCUT2D eigenvalue weighted by molar-refractivity contribution is 1.12. The number of hydrogen-bond acceptors (Lipinski definition) is 1. The summed E-state index contributed by atoms with van der Waals surface area (Å²) in [5, 5.41) is 0. The van der Waals surface area contributed by atoms with Crippen molar-refractivity contribution < 1.29 is 0 Å². The minimum absolute atomic E-state index is 0.630. The molecule has 0 fully saturated rings. The van der Waals surface area contributed by atoms with Crippen molar-refractivity contribution >= 4 is 44.9 Å². The van der Waals surface area contributed by atoms with Gasteiger partial charge >= 0.3 is 0 Å². The van der Waals surface area contributed by atoms with E-state index in [1.165, 1.54) is 19.8 Å². The molecule has 0 aliphatic rings. The van der Waals surface area contributed by atoms with Crippen LogP contribution in [-0.4, -0.2) is 5.88 Å². The Kier molecular flexibility index (Phi) is 4.50. The minimum atomic E-state index is 0.630. The lowest BCUT2D eigenvalue weighted by Crippen LogP contribution is -1.79. The highest BCUT2D eigenvalue weighted by Crippen LogP contribution is 2.28. The van der Waals surface area contributed by atoms with Gasteiger partial charge in [0.2, 0.25) is 0 Å². The molecule has 72 valence electrons. The van der Waals surface area contributed by atoms with Gasteiger partial charge in [0, 0.05) is 20.1 Å². The smallest absolute Gasteiger partial charge is 0.0437 e. The molecule has 3 heteroatoms. The van der Waals surface area contributed by atoms with E-state index in [0.29, 0.717) is 5.88 Å². The second kappa shape index (κ2) is 5.18. The van der Waals surface area contributed by atoms with Crippen LogP contribution < -0.4 is 0 Å². The van der Waals surface area contributed by atoms with Crippen molar-refractivity contribution in [3.63, 3.8) is 0 Å². The first-order valence-corrected chi connectivity index (χ1v) is 6.33. The molecule has 1 aromatic rings. The van der Waals surface area contributed by atoms with Gasteiger partial charge in [-0.15, -0.1) is 22.9 Å². The Morgan fingerprint density at radius 1 is 1.69 bits per heavy atom. The Labute approximate surface area is 96.7 Å². The third-order valence-electron chi connectivity index (χ3n) is 1.85. The van der Waals surface area contributed by atoms with Crippen LogP contribution in [0, 0.1) is 6.92 Å². The van der Waals surface area contributed by atoms with Crippen LogP contribution in [-0.2, 0) is 0 Å². The summed E-state index contributed by atoms with van der Waals surface area (Å²) >= 11 is 11.1. The molecule has 0 aliphatic heterocycles. The lowest BCUT2D eigenvalue weighted by atomic mass is 10.2. The predicted octanol–water partition coefficient (Wildman–Crippen LogP) is 4.85. The van der Waals surface area contributed by atoms with Crippen molar-refractivity contribution in [1.82, 2.24) is 0 Å². The van der Waals surface area contributed by atoms with Crippen molar-refractivity contribution in [2.24, 2.45) is 0 Å². The van der Waals surface area contributed by atoms with Crippen LogP contribution in [0.3, 0.4) is 0 Å². The molecule has 0 nitrogen and oxygen atoms in total. The molecule has 0 saturated carbocycles. The van der Waals surface area contributed by atoms with Crippen LogP contribution in [0.15, 0.2) is 16.1 Å².